The van der Waals surface area contributed by atoms with Crippen LogP contribution in [0.4, 0.5) is 0 Å². The van der Waals surface area contributed by atoms with Gasteiger partial charge in [0.25, 0.3) is 0 Å². The summed E-state index contributed by atoms with van der Waals surface area (Å²) in [5.74, 6) is 2.13. The topological polar surface area (TPSA) is 68.1 Å². The molecule has 0 radical (unpaired) electrons. The summed E-state index contributed by atoms with van der Waals surface area (Å²) in [6.07, 6.45) is 1.81. The minimum Gasteiger partial charge on any atom is -0.497 e. The number of fused-ring (bicyclic) bond motifs is 1. The summed E-state index contributed by atoms with van der Waals surface area (Å²) in [5.41, 5.74) is 3.67. The Morgan fingerprint density at radius 2 is 2.00 bits per heavy atom. The van der Waals surface area contributed by atoms with E-state index in [0.717, 1.165) is 33.8 Å². The third kappa shape index (κ3) is 3.18. The lowest BCUT2D eigenvalue weighted by Crippen LogP contribution is -2.15. The number of aromatic amines is 1. The van der Waals surface area contributed by atoms with Crippen molar-refractivity contribution in [2.45, 2.75) is 33.2 Å². The fourth-order valence-electron chi connectivity index (χ4n) is 2.58. The predicted octanol–water partition coefficient (Wildman–Crippen LogP) is 2.86. The minimum absolute atomic E-state index is 0.321. The smallest absolute Gasteiger partial charge is 0.176 e. The van der Waals surface area contributed by atoms with Crippen molar-refractivity contribution in [3.8, 4) is 5.75 Å². The molecule has 0 aliphatic carbocycles. The molecular weight excluding hydrogens is 302 g/mol. The van der Waals surface area contributed by atoms with Gasteiger partial charge >= 0.3 is 0 Å². The van der Waals surface area contributed by atoms with Gasteiger partial charge in [0.15, 0.2) is 11.1 Å². The molecule has 1 aromatic carbocycles. The van der Waals surface area contributed by atoms with Crippen molar-refractivity contribution in [1.29, 1.82) is 0 Å². The maximum atomic E-state index is 5.21. The number of rotatable bonds is 5. The van der Waals surface area contributed by atoms with Crippen LogP contribution in [0.2, 0.25) is 0 Å². The minimum atomic E-state index is 0.321. The third-order valence-electron chi connectivity index (χ3n) is 3.88. The number of aromatic nitrogens is 4. The number of nitrogens with one attached hydrogen (secondary N) is 1. The zero-order chi connectivity index (χ0) is 17.1. The van der Waals surface area contributed by atoms with Crippen molar-refractivity contribution in [2.24, 2.45) is 4.99 Å². The first kappa shape index (κ1) is 16.2. The third-order valence-corrected chi connectivity index (χ3v) is 3.88. The first-order valence-electron chi connectivity index (χ1n) is 8.20. The molecule has 2 aromatic heterocycles. The second-order valence-electron chi connectivity index (χ2n) is 5.99. The van der Waals surface area contributed by atoms with Crippen LogP contribution >= 0.6 is 0 Å². The van der Waals surface area contributed by atoms with Crippen molar-refractivity contribution in [2.75, 3.05) is 13.7 Å². The molecule has 0 saturated heterocycles. The Morgan fingerprint density at radius 3 is 2.62 bits per heavy atom. The molecule has 0 unspecified atom stereocenters. The molecule has 0 aliphatic rings. The van der Waals surface area contributed by atoms with Crippen LogP contribution in [0.1, 0.15) is 38.1 Å². The van der Waals surface area contributed by atoms with Gasteiger partial charge in [-0.15, -0.1) is 0 Å². The highest BCUT2D eigenvalue weighted by Gasteiger charge is 2.12. The van der Waals surface area contributed by atoms with E-state index in [1.54, 1.807) is 7.11 Å². The van der Waals surface area contributed by atoms with Crippen LogP contribution in [0.15, 0.2) is 35.6 Å². The number of H-pyrrole nitrogens is 1. The molecule has 6 heteroatoms. The summed E-state index contributed by atoms with van der Waals surface area (Å²) in [4.78, 5) is 17.1. The lowest BCUT2D eigenvalue weighted by Gasteiger charge is -2.08. The van der Waals surface area contributed by atoms with E-state index >= 15 is 0 Å². The number of methoxy groups -OCH3 is 1. The molecule has 2 heterocycles. The zero-order valence-corrected chi connectivity index (χ0v) is 14.6. The van der Waals surface area contributed by atoms with Crippen molar-refractivity contribution in [1.82, 2.24) is 19.5 Å². The maximum Gasteiger partial charge on any atom is 0.176 e. The van der Waals surface area contributed by atoms with E-state index in [1.807, 2.05) is 30.0 Å². The molecule has 0 saturated carbocycles. The Balaban J connectivity index is 2.07. The quantitative estimate of drug-likeness (QED) is 0.784. The second-order valence-corrected chi connectivity index (χ2v) is 5.99. The number of benzene rings is 1. The summed E-state index contributed by atoms with van der Waals surface area (Å²) >= 11 is 0. The van der Waals surface area contributed by atoms with E-state index in [2.05, 4.69) is 40.9 Å². The molecule has 1 N–H and O–H groups in total. The Labute approximate surface area is 141 Å². The number of hydrogen-bond donors (Lipinski definition) is 1. The predicted molar refractivity (Wildman–Crippen MR) is 94.2 cm³/mol. The number of hydrogen-bond acceptors (Lipinski definition) is 4. The van der Waals surface area contributed by atoms with E-state index in [1.165, 1.54) is 0 Å². The fraction of sp³-hybridized carbons (Fsp3) is 0.389. The lowest BCUT2D eigenvalue weighted by molar-refractivity contribution is 0.414. The van der Waals surface area contributed by atoms with E-state index < -0.39 is 0 Å². The molecule has 0 atom stereocenters. The molecule has 0 aliphatic heterocycles. The Hall–Kier alpha value is -2.63. The molecule has 0 fully saturated rings. The van der Waals surface area contributed by atoms with Crippen LogP contribution in [0.3, 0.4) is 0 Å². The highest BCUT2D eigenvalue weighted by Crippen LogP contribution is 2.17. The monoisotopic (exact) mass is 325 g/mol. The van der Waals surface area contributed by atoms with Crippen molar-refractivity contribution >= 4 is 11.2 Å². The normalized spacial score (nSPS) is 12.3. The van der Waals surface area contributed by atoms with Gasteiger partial charge in [-0.1, -0.05) is 26.0 Å². The molecule has 0 spiro atoms. The van der Waals surface area contributed by atoms with Gasteiger partial charge < -0.3 is 14.3 Å². The van der Waals surface area contributed by atoms with Gasteiger partial charge in [-0.05, 0) is 24.6 Å². The van der Waals surface area contributed by atoms with Crippen LogP contribution in [-0.2, 0) is 6.54 Å². The Kier molecular flexibility index (Phi) is 4.64. The van der Waals surface area contributed by atoms with Gasteiger partial charge in [0.2, 0.25) is 0 Å². The van der Waals surface area contributed by atoms with Crippen LogP contribution in [0.25, 0.3) is 11.2 Å². The Bertz CT molecular complexity index is 890. The Morgan fingerprint density at radius 1 is 1.25 bits per heavy atom. The summed E-state index contributed by atoms with van der Waals surface area (Å²) in [5, 5.41) is 0. The van der Waals surface area contributed by atoms with Gasteiger partial charge in [0.05, 0.1) is 20.0 Å². The van der Waals surface area contributed by atoms with Gasteiger partial charge in [0, 0.05) is 12.5 Å². The highest BCUT2D eigenvalue weighted by atomic mass is 16.5. The van der Waals surface area contributed by atoms with Gasteiger partial charge in [-0.2, -0.15) is 0 Å². The standard InChI is InChI=1S/C18H23N5O/c1-5-19-17-15-18(22-16(21-15)12(2)3)23(11-20-17)10-13-6-8-14(24-4)9-7-13/h6-9,11-12H,5,10H2,1-4H3,(H,21,22). The summed E-state index contributed by atoms with van der Waals surface area (Å²) in [6, 6.07) is 8.03. The molecule has 6 nitrogen and oxygen atoms in total. The van der Waals surface area contributed by atoms with Crippen LogP contribution in [-0.4, -0.2) is 33.2 Å². The van der Waals surface area contributed by atoms with E-state index in [9.17, 15) is 0 Å². The largest absolute Gasteiger partial charge is 0.497 e. The SMILES string of the molecule is CCN=c1ncn(Cc2ccc(OC)cc2)c2nc(C(C)C)[nH]c12. The van der Waals surface area contributed by atoms with E-state index in [-0.39, 0.29) is 0 Å². The van der Waals surface area contributed by atoms with Gasteiger partial charge in [0.1, 0.15) is 17.1 Å². The maximum absolute atomic E-state index is 5.21. The van der Waals surface area contributed by atoms with E-state index in [0.29, 0.717) is 19.0 Å². The molecule has 24 heavy (non-hydrogen) atoms. The molecular formula is C18H23N5O. The first-order valence-corrected chi connectivity index (χ1v) is 8.20. The zero-order valence-electron chi connectivity index (χ0n) is 14.6. The number of nitrogens with zero attached hydrogens (tertiary/aromatic N) is 4. The molecule has 3 rings (SSSR count). The summed E-state index contributed by atoms with van der Waals surface area (Å²) < 4.78 is 7.26. The first-order chi connectivity index (χ1) is 11.6. The second kappa shape index (κ2) is 6.86. The summed E-state index contributed by atoms with van der Waals surface area (Å²) in [7, 11) is 1.67. The average molecular weight is 325 g/mol. The highest BCUT2D eigenvalue weighted by molar-refractivity contribution is 5.69. The number of ether oxygens (including phenoxy) is 1. The van der Waals surface area contributed by atoms with Crippen LogP contribution < -0.4 is 10.2 Å². The average Bonchev–Trinajstić information content (AvgIpc) is 3.04. The van der Waals surface area contributed by atoms with Crippen LogP contribution in [0.5, 0.6) is 5.75 Å². The lowest BCUT2D eigenvalue weighted by atomic mass is 10.2. The molecule has 0 bridgehead atoms. The molecule has 126 valence electrons. The molecule has 0 amide bonds. The van der Waals surface area contributed by atoms with Gasteiger partial charge in [-0.25, -0.2) is 9.97 Å². The fourth-order valence-corrected chi connectivity index (χ4v) is 2.58. The van der Waals surface area contributed by atoms with Crippen molar-refractivity contribution < 1.29 is 4.74 Å². The molecule has 3 aromatic rings. The van der Waals surface area contributed by atoms with Crippen LogP contribution in [0, 0.1) is 0 Å². The van der Waals surface area contributed by atoms with E-state index in [4.69, 9.17) is 9.72 Å². The van der Waals surface area contributed by atoms with Crippen molar-refractivity contribution in [3.63, 3.8) is 0 Å². The van der Waals surface area contributed by atoms with Gasteiger partial charge in [-0.3, -0.25) is 4.99 Å². The number of imidazole rings is 1. The summed E-state index contributed by atoms with van der Waals surface area (Å²) in [6.45, 7) is 7.64. The van der Waals surface area contributed by atoms with Crippen molar-refractivity contribution in [3.05, 3.63) is 47.5 Å².